The van der Waals surface area contributed by atoms with E-state index in [1.165, 1.54) is 11.1 Å². The average molecular weight is 765 g/mol. The van der Waals surface area contributed by atoms with Crippen LogP contribution in [0.15, 0.2) is 48.6 Å². The number of carbonyl (C=O) groups excluding carboxylic acids is 1. The zero-order valence-electron chi connectivity index (χ0n) is 31.7. The number of halogens is 1. The van der Waals surface area contributed by atoms with Gasteiger partial charge in [-0.25, -0.2) is 4.21 Å². The van der Waals surface area contributed by atoms with Crippen molar-refractivity contribution in [2.45, 2.75) is 74.7 Å². The van der Waals surface area contributed by atoms with Gasteiger partial charge in [0.2, 0.25) is 0 Å². The summed E-state index contributed by atoms with van der Waals surface area (Å²) in [5.74, 6) is 5.22. The predicted molar refractivity (Wildman–Crippen MR) is 214 cm³/mol. The van der Waals surface area contributed by atoms with Crippen molar-refractivity contribution < 1.29 is 23.2 Å². The Kier molecular flexibility index (Phi) is 10.4. The summed E-state index contributed by atoms with van der Waals surface area (Å²) in [5, 5.41) is 0.436. The Balaban J connectivity index is 1.17. The molecule has 4 aliphatic heterocycles. The highest BCUT2D eigenvalue weighted by molar-refractivity contribution is 7.99. The molecular weight excluding hydrogens is 708 g/mol. The third-order valence-corrected chi connectivity index (χ3v) is 16.2. The van der Waals surface area contributed by atoms with E-state index in [1.54, 1.807) is 6.07 Å². The monoisotopic (exact) mass is 764 g/mol. The first kappa shape index (κ1) is 37.3. The Labute approximate surface area is 321 Å². The lowest BCUT2D eigenvalue weighted by atomic mass is 9.63. The zero-order chi connectivity index (χ0) is 37.0. The summed E-state index contributed by atoms with van der Waals surface area (Å²) in [6.07, 6.45) is 10.6. The van der Waals surface area contributed by atoms with Crippen LogP contribution in [-0.4, -0.2) is 115 Å². The van der Waals surface area contributed by atoms with Crippen LogP contribution < -0.4 is 14.4 Å². The van der Waals surface area contributed by atoms with E-state index in [2.05, 4.69) is 56.5 Å². The van der Waals surface area contributed by atoms with E-state index in [0.717, 1.165) is 114 Å². The Bertz CT molecular complexity index is 1830. The van der Waals surface area contributed by atoms with Gasteiger partial charge in [-0.1, -0.05) is 36.7 Å². The fourth-order valence-electron chi connectivity index (χ4n) is 9.97. The van der Waals surface area contributed by atoms with E-state index in [1.807, 2.05) is 32.2 Å². The van der Waals surface area contributed by atoms with Crippen molar-refractivity contribution in [3.8, 4) is 5.75 Å². The smallest absolute Gasteiger partial charge is 0.262 e. The van der Waals surface area contributed by atoms with Gasteiger partial charge in [-0.3, -0.25) is 19.3 Å². The first-order valence-electron chi connectivity index (χ1n) is 19.7. The molecule has 2 aromatic rings. The van der Waals surface area contributed by atoms with Gasteiger partial charge in [0.05, 0.1) is 41.3 Å². The van der Waals surface area contributed by atoms with Gasteiger partial charge < -0.3 is 19.1 Å². The number of rotatable bonds is 4. The topological polar surface area (TPSA) is 83.6 Å². The summed E-state index contributed by atoms with van der Waals surface area (Å²) in [7, 11) is -1.06. The predicted octanol–water partition coefficient (Wildman–Crippen LogP) is 5.59. The average Bonchev–Trinajstić information content (AvgIpc) is 3.25. The molecule has 53 heavy (non-hydrogen) atoms. The van der Waals surface area contributed by atoms with Crippen LogP contribution in [0.2, 0.25) is 5.02 Å². The summed E-state index contributed by atoms with van der Waals surface area (Å²) in [6.45, 7) is 12.8. The van der Waals surface area contributed by atoms with Gasteiger partial charge in [0.15, 0.2) is 0 Å². The molecule has 1 saturated carbocycles. The van der Waals surface area contributed by atoms with Gasteiger partial charge in [-0.05, 0) is 111 Å². The third kappa shape index (κ3) is 7.17. The molecule has 1 spiro atoms. The highest BCUT2D eigenvalue weighted by atomic mass is 35.5. The van der Waals surface area contributed by atoms with Crippen LogP contribution in [0.25, 0.3) is 0 Å². The van der Waals surface area contributed by atoms with Crippen LogP contribution in [-0.2, 0) is 31.0 Å². The molecule has 1 unspecified atom stereocenters. The van der Waals surface area contributed by atoms with E-state index < -0.39 is 15.3 Å². The number of benzene rings is 2. The lowest BCUT2D eigenvalue weighted by molar-refractivity contribution is -0.107. The van der Waals surface area contributed by atoms with Crippen molar-refractivity contribution in [2.24, 2.45) is 17.8 Å². The summed E-state index contributed by atoms with van der Waals surface area (Å²) in [5.41, 5.74) is 3.31. The maximum atomic E-state index is 14.1. The molecule has 0 radical (unpaired) electrons. The van der Waals surface area contributed by atoms with Crippen LogP contribution in [0, 0.1) is 17.8 Å². The van der Waals surface area contributed by atoms with Crippen LogP contribution in [0.3, 0.4) is 0 Å². The van der Waals surface area contributed by atoms with Gasteiger partial charge in [-0.15, -0.1) is 0 Å². The fraction of sp³-hybridized carbons (Fsp3) is 0.619. The van der Waals surface area contributed by atoms with Gasteiger partial charge in [0, 0.05) is 74.2 Å². The van der Waals surface area contributed by atoms with E-state index >= 15 is 0 Å². The van der Waals surface area contributed by atoms with Crippen molar-refractivity contribution in [3.63, 3.8) is 0 Å². The number of amides is 1. The van der Waals surface area contributed by atoms with Crippen LogP contribution >= 0.6 is 11.6 Å². The van der Waals surface area contributed by atoms with Crippen molar-refractivity contribution in [2.75, 3.05) is 77.6 Å². The van der Waals surface area contributed by atoms with Gasteiger partial charge in [-0.2, -0.15) is 0 Å². The first-order chi connectivity index (χ1) is 25.5. The molecule has 1 amide bonds. The van der Waals surface area contributed by atoms with Crippen LogP contribution in [0.1, 0.15) is 67.4 Å². The number of ether oxygens (including phenoxy) is 3. The normalized spacial score (nSPS) is 36.2. The quantitative estimate of drug-likeness (QED) is 0.319. The number of hydrogen-bond acceptors (Lipinski definition) is 8. The van der Waals surface area contributed by atoms with Gasteiger partial charge >= 0.3 is 0 Å². The lowest BCUT2D eigenvalue weighted by Crippen LogP contribution is -2.61. The van der Waals surface area contributed by atoms with Crippen molar-refractivity contribution >= 4 is 38.8 Å². The molecule has 9 nitrogen and oxygen atoms in total. The number of hydrogen-bond donors (Lipinski definition) is 1. The summed E-state index contributed by atoms with van der Waals surface area (Å²) in [4.78, 5) is 21.5. The molecule has 6 aliphatic rings. The molecular formula is C42H57ClN4O5S. The van der Waals surface area contributed by atoms with E-state index in [0.29, 0.717) is 30.0 Å². The molecule has 1 N–H and O–H groups in total. The number of carbonyl (C=O) groups is 1. The number of fused-ring (bicyclic) bond motifs is 4. The SMILES string of the molecule is C=S1(=O)NC(=O)c2ccc3c(c2)N(C[C@@H]2CC[C@H]2[C@@](CN2CCN(C4COC4)CC2)(OC)/C=C/C[C@H](C)[C@H]1C)C[C@@]1(CCCc2cc(Cl)ccc21)CO3. The summed E-state index contributed by atoms with van der Waals surface area (Å²) >= 11 is 6.52. The standard InChI is InChI=1S/C42H57ClN4O5S/c1-29-7-5-16-42(50-3,27-45-17-19-46(20-18-45)35-24-51-25-35)37-12-9-33(37)23-47-26-41(15-6-8-31-21-34(43)11-13-36(31)41)28-52-39-14-10-32(22-38(39)47)40(48)44-53(4,49)30(29)2/h5,10-11,13-14,16,21-22,29-30,33,35,37H,4,6-9,12,15,17-20,23-28H2,1-3H3,(H,44,48,49)/b16-5+/t29-,30+,33-,37+,41-,42+,53?/m0/s1. The molecule has 0 aromatic heterocycles. The Hall–Kier alpha value is -2.60. The zero-order valence-corrected chi connectivity index (χ0v) is 33.3. The molecule has 7 atom stereocenters. The summed E-state index contributed by atoms with van der Waals surface area (Å²) in [6, 6.07) is 12.6. The van der Waals surface area contributed by atoms with Crippen molar-refractivity contribution in [3.05, 3.63) is 70.3 Å². The molecule has 2 aromatic carbocycles. The van der Waals surface area contributed by atoms with Crippen LogP contribution in [0.5, 0.6) is 5.75 Å². The molecule has 3 fully saturated rings. The highest BCUT2D eigenvalue weighted by Crippen LogP contribution is 2.49. The number of piperazine rings is 1. The van der Waals surface area contributed by atoms with Crippen molar-refractivity contribution in [1.29, 1.82) is 0 Å². The molecule has 288 valence electrons. The Morgan fingerprint density at radius 2 is 1.91 bits per heavy atom. The molecule has 2 saturated heterocycles. The number of allylic oxidation sites excluding steroid dienone is 1. The third-order valence-electron chi connectivity index (χ3n) is 13.8. The second-order valence-corrected chi connectivity index (χ2v) is 19.7. The second-order valence-electron chi connectivity index (χ2n) is 16.9. The number of nitrogens with zero attached hydrogens (tertiary/aromatic N) is 3. The maximum absolute atomic E-state index is 14.1. The number of aryl methyl sites for hydroxylation is 1. The maximum Gasteiger partial charge on any atom is 0.262 e. The molecule has 2 aliphatic carbocycles. The minimum Gasteiger partial charge on any atom is -0.490 e. The molecule has 11 heteroatoms. The fourth-order valence-corrected chi connectivity index (χ4v) is 11.6. The number of nitrogens with one attached hydrogen (secondary N) is 1. The molecule has 2 bridgehead atoms. The lowest BCUT2D eigenvalue weighted by Gasteiger charge is -2.52. The van der Waals surface area contributed by atoms with E-state index in [-0.39, 0.29) is 22.5 Å². The number of methoxy groups -OCH3 is 1. The highest BCUT2D eigenvalue weighted by Gasteiger charge is 2.50. The minimum absolute atomic E-state index is 0.0322. The Morgan fingerprint density at radius 1 is 1.09 bits per heavy atom. The van der Waals surface area contributed by atoms with Gasteiger partial charge in [0.25, 0.3) is 5.91 Å². The first-order valence-corrected chi connectivity index (χ1v) is 21.9. The van der Waals surface area contributed by atoms with Crippen molar-refractivity contribution in [1.82, 2.24) is 14.5 Å². The van der Waals surface area contributed by atoms with E-state index in [4.69, 9.17) is 25.8 Å². The van der Waals surface area contributed by atoms with E-state index in [9.17, 15) is 9.00 Å². The largest absolute Gasteiger partial charge is 0.490 e. The Morgan fingerprint density at radius 3 is 2.62 bits per heavy atom. The minimum atomic E-state index is -2.95. The molecule has 8 rings (SSSR count). The van der Waals surface area contributed by atoms with Crippen LogP contribution in [0.4, 0.5) is 5.69 Å². The summed E-state index contributed by atoms with van der Waals surface area (Å²) < 4.78 is 35.9. The second kappa shape index (κ2) is 14.8. The molecule has 4 heterocycles. The number of anilines is 1. The van der Waals surface area contributed by atoms with Gasteiger partial charge in [0.1, 0.15) is 11.4 Å².